The van der Waals surface area contributed by atoms with E-state index in [9.17, 15) is 9.59 Å². The maximum absolute atomic E-state index is 11.9. The lowest BCUT2D eigenvalue weighted by molar-refractivity contribution is -0.133. The van der Waals surface area contributed by atoms with Crippen molar-refractivity contribution in [3.63, 3.8) is 0 Å². The lowest BCUT2D eigenvalue weighted by Crippen LogP contribution is -2.09. The summed E-state index contributed by atoms with van der Waals surface area (Å²) >= 11 is 0. The van der Waals surface area contributed by atoms with Crippen LogP contribution in [0.4, 0.5) is 0 Å². The summed E-state index contributed by atoms with van der Waals surface area (Å²) in [5, 5.41) is 9.03. The van der Waals surface area contributed by atoms with Gasteiger partial charge in [0, 0.05) is 17.1 Å². The Balaban J connectivity index is 2.45. The molecule has 0 heterocycles. The van der Waals surface area contributed by atoms with Gasteiger partial charge in [-0.05, 0) is 43.9 Å². The van der Waals surface area contributed by atoms with Crippen LogP contribution in [0.25, 0.3) is 0 Å². The first-order chi connectivity index (χ1) is 8.41. The summed E-state index contributed by atoms with van der Waals surface area (Å²) in [6.45, 7) is 7.46. The molecule has 1 N–H and O–H groups in total. The summed E-state index contributed by atoms with van der Waals surface area (Å²) in [7, 11) is 0. The van der Waals surface area contributed by atoms with Crippen molar-refractivity contribution in [3.05, 3.63) is 46.6 Å². The van der Waals surface area contributed by atoms with E-state index in [1.165, 1.54) is 0 Å². The molecule has 94 valence electrons. The highest BCUT2D eigenvalue weighted by atomic mass is 16.4. The molecule has 18 heavy (non-hydrogen) atoms. The largest absolute Gasteiger partial charge is 0.478 e. The third-order valence-electron chi connectivity index (χ3n) is 3.64. The molecule has 0 aromatic heterocycles. The maximum Gasteiger partial charge on any atom is 0.331 e. The van der Waals surface area contributed by atoms with Crippen LogP contribution in [0.15, 0.2) is 46.6 Å². The van der Waals surface area contributed by atoms with Gasteiger partial charge in [0.15, 0.2) is 5.78 Å². The van der Waals surface area contributed by atoms with Crippen molar-refractivity contribution in [2.75, 3.05) is 0 Å². The van der Waals surface area contributed by atoms with E-state index < -0.39 is 5.97 Å². The van der Waals surface area contributed by atoms with Gasteiger partial charge < -0.3 is 5.11 Å². The molecular formula is C15H16O3. The fraction of sp³-hybridized carbons (Fsp3) is 0.333. The minimum absolute atomic E-state index is 0.0397. The van der Waals surface area contributed by atoms with Crippen LogP contribution < -0.4 is 0 Å². The molecule has 0 saturated carbocycles. The standard InChI is InChI=1S/C15H16O3/c1-8-4-5-11(10(3)15(17)18)7-12-9(2)6-13(16)14(8)12/h6-7,11H,3-5H2,1-2H3,(H,17,18)/t11-/m1/s1. The van der Waals surface area contributed by atoms with E-state index in [4.69, 9.17) is 5.11 Å². The smallest absolute Gasteiger partial charge is 0.331 e. The Morgan fingerprint density at radius 2 is 2.11 bits per heavy atom. The summed E-state index contributed by atoms with van der Waals surface area (Å²) in [5.74, 6) is -1.12. The number of fused-ring (bicyclic) bond motifs is 1. The summed E-state index contributed by atoms with van der Waals surface area (Å²) in [6.07, 6.45) is 4.94. The molecule has 0 aliphatic heterocycles. The van der Waals surface area contributed by atoms with Gasteiger partial charge in [0.05, 0.1) is 0 Å². The first kappa shape index (κ1) is 12.6. The molecule has 0 aromatic carbocycles. The zero-order chi connectivity index (χ0) is 13.4. The number of ketones is 1. The summed E-state index contributed by atoms with van der Waals surface area (Å²) in [6, 6.07) is 0. The second kappa shape index (κ2) is 4.41. The molecule has 0 spiro atoms. The minimum Gasteiger partial charge on any atom is -0.478 e. The molecule has 0 fully saturated rings. The third-order valence-corrected chi connectivity index (χ3v) is 3.64. The van der Waals surface area contributed by atoms with Crippen molar-refractivity contribution < 1.29 is 14.7 Å². The van der Waals surface area contributed by atoms with Crippen LogP contribution in [-0.2, 0) is 9.59 Å². The van der Waals surface area contributed by atoms with E-state index in [1.807, 2.05) is 19.9 Å². The number of carboxylic acids is 1. The molecule has 2 rings (SSSR count). The van der Waals surface area contributed by atoms with Crippen LogP contribution in [0, 0.1) is 5.92 Å². The second-order valence-corrected chi connectivity index (χ2v) is 4.90. The molecule has 1 atom stereocenters. The molecular weight excluding hydrogens is 228 g/mol. The van der Waals surface area contributed by atoms with Crippen molar-refractivity contribution in [3.8, 4) is 0 Å². The molecule has 0 unspecified atom stereocenters. The first-order valence-corrected chi connectivity index (χ1v) is 5.99. The Kier molecular flexibility index (Phi) is 3.07. The van der Waals surface area contributed by atoms with Crippen LogP contribution in [0.5, 0.6) is 0 Å². The van der Waals surface area contributed by atoms with Gasteiger partial charge in [0.1, 0.15) is 0 Å². The van der Waals surface area contributed by atoms with Crippen LogP contribution in [0.3, 0.4) is 0 Å². The molecule has 2 aliphatic carbocycles. The highest BCUT2D eigenvalue weighted by molar-refractivity contribution is 6.13. The highest BCUT2D eigenvalue weighted by Crippen LogP contribution is 2.37. The van der Waals surface area contributed by atoms with E-state index >= 15 is 0 Å². The molecule has 0 aromatic rings. The monoisotopic (exact) mass is 244 g/mol. The topological polar surface area (TPSA) is 54.4 Å². The average molecular weight is 244 g/mol. The summed E-state index contributed by atoms with van der Waals surface area (Å²) in [4.78, 5) is 22.9. The SMILES string of the molecule is C=C(C(=O)O)[C@H]1C=C2C(C)=CC(=O)C2=C(C)CC1. The number of rotatable bonds is 2. The van der Waals surface area contributed by atoms with E-state index in [-0.39, 0.29) is 17.3 Å². The Hall–Kier alpha value is -1.90. The van der Waals surface area contributed by atoms with E-state index in [0.29, 0.717) is 6.42 Å². The molecule has 0 amide bonds. The minimum atomic E-state index is -0.969. The Morgan fingerprint density at radius 1 is 1.44 bits per heavy atom. The van der Waals surface area contributed by atoms with Gasteiger partial charge in [-0.15, -0.1) is 0 Å². The molecule has 0 saturated heterocycles. The number of carbonyl (C=O) groups is 2. The maximum atomic E-state index is 11.9. The van der Waals surface area contributed by atoms with Gasteiger partial charge in [-0.1, -0.05) is 18.2 Å². The second-order valence-electron chi connectivity index (χ2n) is 4.90. The molecule has 0 bridgehead atoms. The fourth-order valence-corrected chi connectivity index (χ4v) is 2.55. The van der Waals surface area contributed by atoms with Crippen molar-refractivity contribution in [2.45, 2.75) is 26.7 Å². The number of allylic oxidation sites excluding steroid dienone is 6. The molecule has 2 aliphatic rings. The van der Waals surface area contributed by atoms with Gasteiger partial charge in [0.25, 0.3) is 0 Å². The summed E-state index contributed by atoms with van der Waals surface area (Å²) in [5.41, 5.74) is 3.80. The number of hydrogen-bond donors (Lipinski definition) is 1. The Bertz CT molecular complexity index is 544. The van der Waals surface area contributed by atoms with Crippen LogP contribution in [0.1, 0.15) is 26.7 Å². The van der Waals surface area contributed by atoms with Crippen molar-refractivity contribution in [1.29, 1.82) is 0 Å². The molecule has 0 radical (unpaired) electrons. The quantitative estimate of drug-likeness (QED) is 0.760. The van der Waals surface area contributed by atoms with Crippen molar-refractivity contribution in [1.82, 2.24) is 0 Å². The van der Waals surface area contributed by atoms with E-state index in [2.05, 4.69) is 6.58 Å². The molecule has 3 nitrogen and oxygen atoms in total. The lowest BCUT2D eigenvalue weighted by Gasteiger charge is -2.11. The third kappa shape index (κ3) is 1.96. The number of carboxylic acid groups (broad SMARTS) is 1. The van der Waals surface area contributed by atoms with Gasteiger partial charge >= 0.3 is 5.97 Å². The predicted octanol–water partition coefficient (Wildman–Crippen LogP) is 2.81. The zero-order valence-corrected chi connectivity index (χ0v) is 10.6. The van der Waals surface area contributed by atoms with Crippen LogP contribution in [0.2, 0.25) is 0 Å². The normalized spacial score (nSPS) is 23.2. The lowest BCUT2D eigenvalue weighted by atomic mass is 9.93. The highest BCUT2D eigenvalue weighted by Gasteiger charge is 2.29. The number of aliphatic carboxylic acids is 1. The van der Waals surface area contributed by atoms with Crippen molar-refractivity contribution >= 4 is 11.8 Å². The van der Waals surface area contributed by atoms with Crippen molar-refractivity contribution in [2.24, 2.45) is 5.92 Å². The number of carbonyl (C=O) groups excluding carboxylic acids is 1. The average Bonchev–Trinajstić information content (AvgIpc) is 2.48. The van der Waals surface area contributed by atoms with E-state index in [1.54, 1.807) is 6.08 Å². The predicted molar refractivity (Wildman–Crippen MR) is 69.0 cm³/mol. The van der Waals surface area contributed by atoms with Gasteiger partial charge in [-0.2, -0.15) is 0 Å². The Morgan fingerprint density at radius 3 is 2.72 bits per heavy atom. The summed E-state index contributed by atoms with van der Waals surface area (Å²) < 4.78 is 0. The fourth-order valence-electron chi connectivity index (χ4n) is 2.55. The molecule has 3 heteroatoms. The van der Waals surface area contributed by atoms with Crippen LogP contribution in [-0.4, -0.2) is 16.9 Å². The first-order valence-electron chi connectivity index (χ1n) is 5.99. The van der Waals surface area contributed by atoms with E-state index in [0.717, 1.165) is 28.7 Å². The van der Waals surface area contributed by atoms with Gasteiger partial charge in [-0.25, -0.2) is 4.79 Å². The Labute approximate surface area is 106 Å². The van der Waals surface area contributed by atoms with Gasteiger partial charge in [-0.3, -0.25) is 4.79 Å². The number of hydrogen-bond acceptors (Lipinski definition) is 2. The zero-order valence-electron chi connectivity index (χ0n) is 10.6. The van der Waals surface area contributed by atoms with Crippen LogP contribution >= 0.6 is 0 Å². The van der Waals surface area contributed by atoms with Gasteiger partial charge in [0.2, 0.25) is 0 Å².